The molecule has 0 aromatic heterocycles. The third-order valence-corrected chi connectivity index (χ3v) is 13.8. The fourth-order valence-corrected chi connectivity index (χ4v) is 9.96. The molecule has 8 atom stereocenters. The van der Waals surface area contributed by atoms with Gasteiger partial charge in [0, 0.05) is 12.8 Å². The van der Waals surface area contributed by atoms with Crippen molar-refractivity contribution in [1.82, 2.24) is 0 Å². The molecule has 5 unspecified atom stereocenters. The first-order chi connectivity index (χ1) is 32.8. The van der Waals surface area contributed by atoms with Crippen LogP contribution < -0.4 is 0 Å². The molecule has 0 bridgehead atoms. The fraction of sp³-hybridized carbons (Fsp3) is 0.872. The molecule has 22 heteroatoms. The Bertz CT molecular complexity index is 1540. The van der Waals surface area contributed by atoms with E-state index in [1.807, 2.05) is 0 Å². The third-order valence-electron chi connectivity index (χ3n) is 11.7. The Morgan fingerprint density at radius 1 is 0.449 bits per heavy atom. The Kier molecular flexibility index (Phi) is 37.2. The van der Waals surface area contributed by atoms with Crippen molar-refractivity contribution < 1.29 is 90.6 Å². The minimum Gasteiger partial charge on any atom is -0.462 e. The molecular formula is C47H89O19P3. The van der Waals surface area contributed by atoms with Crippen molar-refractivity contribution in [3.63, 3.8) is 0 Å². The van der Waals surface area contributed by atoms with Crippen LogP contribution in [0.3, 0.4) is 0 Å². The van der Waals surface area contributed by atoms with Crippen molar-refractivity contribution in [2.24, 2.45) is 0 Å². The number of carbonyl (C=O) groups excluding carboxylic acids is 2. The van der Waals surface area contributed by atoms with Crippen LogP contribution in [-0.4, -0.2) is 108 Å². The van der Waals surface area contributed by atoms with Gasteiger partial charge in [0.05, 0.1) is 6.61 Å². The summed E-state index contributed by atoms with van der Waals surface area (Å²) in [6.45, 7) is 2.94. The number of esters is 2. The van der Waals surface area contributed by atoms with E-state index in [0.717, 1.165) is 103 Å². The first-order valence-electron chi connectivity index (χ1n) is 25.6. The van der Waals surface area contributed by atoms with E-state index in [9.17, 15) is 63.1 Å². The lowest BCUT2D eigenvalue weighted by Gasteiger charge is -2.44. The molecule has 8 N–H and O–H groups in total. The Hall–Kier alpha value is -1.37. The van der Waals surface area contributed by atoms with Crippen LogP contribution in [0.5, 0.6) is 0 Å². The van der Waals surface area contributed by atoms with Crippen molar-refractivity contribution in [2.45, 2.75) is 249 Å². The van der Waals surface area contributed by atoms with E-state index in [4.69, 9.17) is 18.5 Å². The molecule has 0 saturated heterocycles. The maximum absolute atomic E-state index is 13.1. The molecule has 1 aliphatic carbocycles. The van der Waals surface area contributed by atoms with E-state index < -0.39 is 91.3 Å². The fourth-order valence-electron chi connectivity index (χ4n) is 7.87. The lowest BCUT2D eigenvalue weighted by Crippen LogP contribution is -2.65. The number of allylic oxidation sites excluding steroid dienone is 4. The Morgan fingerprint density at radius 2 is 0.797 bits per heavy atom. The highest BCUT2D eigenvalue weighted by atomic mass is 31.2. The first kappa shape index (κ1) is 65.6. The van der Waals surface area contributed by atoms with Gasteiger partial charge in [-0.2, -0.15) is 0 Å². The predicted molar refractivity (Wildman–Crippen MR) is 261 cm³/mol. The molecule has 0 aliphatic heterocycles. The number of hydrogen-bond acceptors (Lipinski definition) is 14. The molecule has 69 heavy (non-hydrogen) atoms. The average molecular weight is 1050 g/mol. The van der Waals surface area contributed by atoms with Crippen LogP contribution in [0, 0.1) is 0 Å². The second-order valence-corrected chi connectivity index (χ2v) is 21.9. The van der Waals surface area contributed by atoms with Crippen LogP contribution >= 0.6 is 23.5 Å². The summed E-state index contributed by atoms with van der Waals surface area (Å²) in [4.78, 5) is 73.3. The van der Waals surface area contributed by atoms with E-state index in [-0.39, 0.29) is 12.8 Å². The van der Waals surface area contributed by atoms with E-state index in [2.05, 4.69) is 47.2 Å². The molecule has 0 radical (unpaired) electrons. The van der Waals surface area contributed by atoms with E-state index in [1.165, 1.54) is 64.2 Å². The summed E-state index contributed by atoms with van der Waals surface area (Å²) in [6.07, 6.45) is 23.2. The topological polar surface area (TPSA) is 303 Å². The minimum atomic E-state index is -5.60. The molecule has 0 aromatic rings. The molecule has 1 fully saturated rings. The molecule has 0 amide bonds. The molecule has 1 rings (SSSR count). The summed E-state index contributed by atoms with van der Waals surface area (Å²) in [5.41, 5.74) is 0. The van der Waals surface area contributed by atoms with Crippen LogP contribution in [0.1, 0.15) is 206 Å². The molecule has 406 valence electrons. The Balaban J connectivity index is 2.69. The van der Waals surface area contributed by atoms with Gasteiger partial charge in [-0.25, -0.2) is 13.7 Å². The van der Waals surface area contributed by atoms with Crippen LogP contribution in [0.2, 0.25) is 0 Å². The SMILES string of the molecule is CCCCCCC=CCCCCCCCCCC(=O)OC[C@H](COP(=O)(O)O[C@H]1C(O)C(O)C(OP(=O)(O)O)[C@@H](OP(=O)(O)O)C1O)OC(=O)CCCCCCCCCC=CCCCCCCCC. The van der Waals surface area contributed by atoms with Gasteiger partial charge in [0.15, 0.2) is 6.10 Å². The largest absolute Gasteiger partial charge is 0.472 e. The average Bonchev–Trinajstić information content (AvgIpc) is 3.28. The van der Waals surface area contributed by atoms with Crippen LogP contribution in [0.4, 0.5) is 0 Å². The minimum absolute atomic E-state index is 0.00584. The molecule has 0 spiro atoms. The summed E-state index contributed by atoms with van der Waals surface area (Å²) < 4.78 is 65.6. The standard InChI is InChI=1S/C47H89O19P3/c1-3-5-7-9-11-13-15-17-19-20-22-24-26-28-30-32-34-36-41(49)63-39(37-61-40(48)35-33-31-29-27-25-23-21-18-16-14-12-10-8-6-4-2)38-62-69(59,60)66-45-42(50)43(51)46(64-67(53,54)55)47(44(45)52)65-68(56,57)58/h14,16-17,19,39,42-47,50-52H,3-13,15,18,20-38H2,1-2H3,(H,59,60)(H2,53,54,55)(H2,56,57,58)/t39-,42?,43?,44?,45+,46?,47+/m1/s1. The zero-order valence-electron chi connectivity index (χ0n) is 41.4. The maximum Gasteiger partial charge on any atom is 0.472 e. The smallest absolute Gasteiger partial charge is 0.462 e. The molecule has 19 nitrogen and oxygen atoms in total. The number of aliphatic hydroxyl groups excluding tert-OH is 3. The number of aliphatic hydroxyl groups is 3. The van der Waals surface area contributed by atoms with Gasteiger partial charge >= 0.3 is 35.4 Å². The number of unbranched alkanes of at least 4 members (excludes halogenated alkanes) is 24. The zero-order valence-corrected chi connectivity index (χ0v) is 44.1. The van der Waals surface area contributed by atoms with Crippen molar-refractivity contribution in [3.05, 3.63) is 24.3 Å². The summed E-state index contributed by atoms with van der Waals surface area (Å²) in [7, 11) is -16.6. The van der Waals surface area contributed by atoms with Crippen molar-refractivity contribution in [2.75, 3.05) is 13.2 Å². The summed E-state index contributed by atoms with van der Waals surface area (Å²) in [5, 5.41) is 31.9. The zero-order chi connectivity index (χ0) is 51.4. The Morgan fingerprint density at radius 3 is 1.22 bits per heavy atom. The van der Waals surface area contributed by atoms with Crippen LogP contribution in [0.25, 0.3) is 0 Å². The summed E-state index contributed by atoms with van der Waals surface area (Å²) in [6, 6.07) is 0. The van der Waals surface area contributed by atoms with Gasteiger partial charge in [0.25, 0.3) is 0 Å². The molecule has 0 heterocycles. The second-order valence-electron chi connectivity index (χ2n) is 18.1. The van der Waals surface area contributed by atoms with Gasteiger partial charge in [0.1, 0.15) is 43.2 Å². The molecular weight excluding hydrogens is 961 g/mol. The predicted octanol–water partition coefficient (Wildman–Crippen LogP) is 9.85. The second kappa shape index (κ2) is 39.1. The third kappa shape index (κ3) is 35.4. The summed E-state index contributed by atoms with van der Waals surface area (Å²) >= 11 is 0. The first-order valence-corrected chi connectivity index (χ1v) is 30.2. The van der Waals surface area contributed by atoms with E-state index in [1.54, 1.807) is 0 Å². The van der Waals surface area contributed by atoms with Crippen molar-refractivity contribution in [3.8, 4) is 0 Å². The van der Waals surface area contributed by atoms with Gasteiger partial charge in [-0.15, -0.1) is 0 Å². The van der Waals surface area contributed by atoms with Crippen LogP contribution in [-0.2, 0) is 50.9 Å². The van der Waals surface area contributed by atoms with Gasteiger partial charge in [-0.3, -0.25) is 27.7 Å². The number of ether oxygens (including phenoxy) is 2. The lowest BCUT2D eigenvalue weighted by molar-refractivity contribution is -0.213. The quantitative estimate of drug-likeness (QED) is 0.0122. The van der Waals surface area contributed by atoms with Crippen LogP contribution in [0.15, 0.2) is 24.3 Å². The van der Waals surface area contributed by atoms with E-state index >= 15 is 0 Å². The monoisotopic (exact) mass is 1050 g/mol. The maximum atomic E-state index is 13.1. The Labute approximate surface area is 411 Å². The van der Waals surface area contributed by atoms with Crippen molar-refractivity contribution >= 4 is 35.4 Å². The molecule has 0 aromatic carbocycles. The number of phosphoric acid groups is 3. The molecule has 1 saturated carbocycles. The highest BCUT2D eigenvalue weighted by Gasteiger charge is 2.56. The van der Waals surface area contributed by atoms with Gasteiger partial charge in [0.2, 0.25) is 0 Å². The number of rotatable bonds is 44. The number of phosphoric ester groups is 3. The summed E-state index contributed by atoms with van der Waals surface area (Å²) in [5.74, 6) is -1.30. The molecule has 1 aliphatic rings. The van der Waals surface area contributed by atoms with E-state index in [0.29, 0.717) is 12.8 Å². The highest BCUT2D eigenvalue weighted by molar-refractivity contribution is 7.47. The van der Waals surface area contributed by atoms with Crippen molar-refractivity contribution in [1.29, 1.82) is 0 Å². The van der Waals surface area contributed by atoms with Gasteiger partial charge in [-0.1, -0.05) is 154 Å². The number of carbonyl (C=O) groups is 2. The normalized spacial score (nSPS) is 21.5. The number of hydrogen-bond donors (Lipinski definition) is 8. The lowest BCUT2D eigenvalue weighted by atomic mass is 9.85. The highest BCUT2D eigenvalue weighted by Crippen LogP contribution is 2.51. The van der Waals surface area contributed by atoms with Gasteiger partial charge in [-0.05, 0) is 64.2 Å². The van der Waals surface area contributed by atoms with Gasteiger partial charge < -0.3 is 49.3 Å².